The molecule has 3 N–H and O–H groups in total. The zero-order chi connectivity index (χ0) is 13.0. The highest BCUT2D eigenvalue weighted by atomic mass is 16.2. The van der Waals surface area contributed by atoms with Crippen molar-refractivity contribution in [3.05, 3.63) is 24.0 Å². The number of aromatic nitrogens is 1. The molecule has 1 aliphatic carbocycles. The lowest BCUT2D eigenvalue weighted by atomic mass is 9.91. The molecule has 2 rings (SSSR count). The molecule has 1 heterocycles. The number of hydrogen-bond acceptors (Lipinski definition) is 2. The van der Waals surface area contributed by atoms with Gasteiger partial charge in [-0.25, -0.2) is 0 Å². The zero-order valence-electron chi connectivity index (χ0n) is 11.1. The van der Waals surface area contributed by atoms with Crippen LogP contribution in [-0.4, -0.2) is 34.9 Å². The minimum Gasteiger partial charge on any atom is -0.365 e. The molecule has 4 nitrogen and oxygen atoms in total. The average Bonchev–Trinajstić information content (AvgIpc) is 2.89. The number of aryl methyl sites for hydroxylation is 1. The Morgan fingerprint density at radius 2 is 2.17 bits per heavy atom. The second-order valence-corrected chi connectivity index (χ2v) is 5.27. The molecule has 0 atom stereocenters. The number of carbonyl (C=O) groups is 1. The second-order valence-electron chi connectivity index (χ2n) is 5.27. The van der Waals surface area contributed by atoms with Gasteiger partial charge in [-0.3, -0.25) is 4.79 Å². The molecule has 18 heavy (non-hydrogen) atoms. The number of carbonyl (C=O) groups excluding carboxylic acids is 1. The van der Waals surface area contributed by atoms with Gasteiger partial charge in [0.25, 0.3) is 0 Å². The number of H-pyrrole nitrogens is 1. The summed E-state index contributed by atoms with van der Waals surface area (Å²) in [6, 6.07) is 4.71. The van der Waals surface area contributed by atoms with Crippen LogP contribution in [0.15, 0.2) is 18.3 Å². The van der Waals surface area contributed by atoms with E-state index in [2.05, 4.69) is 4.98 Å². The first-order valence-corrected chi connectivity index (χ1v) is 6.80. The largest absolute Gasteiger partial charge is 0.365 e. The van der Waals surface area contributed by atoms with Crippen LogP contribution in [0, 0.1) is 0 Å². The number of aromatic amines is 1. The summed E-state index contributed by atoms with van der Waals surface area (Å²) in [6.07, 6.45) is 7.45. The Balaban J connectivity index is 1.77. The lowest BCUT2D eigenvalue weighted by Gasteiger charge is -2.33. The van der Waals surface area contributed by atoms with Gasteiger partial charge in [0, 0.05) is 37.4 Å². The molecule has 0 saturated heterocycles. The topological polar surface area (TPSA) is 62.1 Å². The minimum atomic E-state index is 0.241. The molecule has 1 aromatic rings. The van der Waals surface area contributed by atoms with E-state index in [1.807, 2.05) is 30.3 Å². The number of nitrogens with zero attached hydrogens (tertiary/aromatic N) is 1. The summed E-state index contributed by atoms with van der Waals surface area (Å²) >= 11 is 0. The maximum atomic E-state index is 12.1. The first-order valence-electron chi connectivity index (χ1n) is 6.80. The number of amides is 1. The summed E-state index contributed by atoms with van der Waals surface area (Å²) in [4.78, 5) is 17.2. The predicted octanol–water partition coefficient (Wildman–Crippen LogP) is 1.68. The third kappa shape index (κ3) is 3.35. The number of nitrogens with two attached hydrogens (primary N) is 1. The van der Waals surface area contributed by atoms with Gasteiger partial charge >= 0.3 is 0 Å². The highest BCUT2D eigenvalue weighted by molar-refractivity contribution is 5.76. The molecular weight excluding hydrogens is 226 g/mol. The van der Waals surface area contributed by atoms with E-state index >= 15 is 0 Å². The van der Waals surface area contributed by atoms with Crippen molar-refractivity contribution in [2.24, 2.45) is 5.73 Å². The van der Waals surface area contributed by atoms with Gasteiger partial charge in [0.2, 0.25) is 5.91 Å². The van der Waals surface area contributed by atoms with E-state index in [1.54, 1.807) is 0 Å². The fourth-order valence-corrected chi connectivity index (χ4v) is 2.63. The lowest BCUT2D eigenvalue weighted by molar-refractivity contribution is -0.132. The minimum absolute atomic E-state index is 0.241. The summed E-state index contributed by atoms with van der Waals surface area (Å²) in [5, 5.41) is 0. The smallest absolute Gasteiger partial charge is 0.222 e. The van der Waals surface area contributed by atoms with Gasteiger partial charge in [0.05, 0.1) is 0 Å². The summed E-state index contributed by atoms with van der Waals surface area (Å²) in [7, 11) is 1.93. The van der Waals surface area contributed by atoms with Crippen molar-refractivity contribution >= 4 is 5.91 Å². The van der Waals surface area contributed by atoms with Crippen molar-refractivity contribution < 1.29 is 4.79 Å². The average molecular weight is 249 g/mol. The molecule has 0 radical (unpaired) electrons. The monoisotopic (exact) mass is 249 g/mol. The van der Waals surface area contributed by atoms with E-state index < -0.39 is 0 Å². The Morgan fingerprint density at radius 3 is 2.78 bits per heavy atom. The Hall–Kier alpha value is -1.29. The van der Waals surface area contributed by atoms with Gasteiger partial charge in [0.15, 0.2) is 0 Å². The van der Waals surface area contributed by atoms with Gasteiger partial charge < -0.3 is 15.6 Å². The molecule has 1 aliphatic rings. The van der Waals surface area contributed by atoms with Crippen LogP contribution in [0.4, 0.5) is 0 Å². The van der Waals surface area contributed by atoms with E-state index in [0.29, 0.717) is 18.5 Å². The maximum Gasteiger partial charge on any atom is 0.222 e. The van der Waals surface area contributed by atoms with Crippen molar-refractivity contribution in [1.29, 1.82) is 0 Å². The molecule has 0 unspecified atom stereocenters. The molecule has 4 heteroatoms. The van der Waals surface area contributed by atoms with E-state index in [4.69, 9.17) is 5.73 Å². The summed E-state index contributed by atoms with van der Waals surface area (Å²) < 4.78 is 0. The van der Waals surface area contributed by atoms with Crippen LogP contribution in [-0.2, 0) is 11.2 Å². The highest BCUT2D eigenvalue weighted by Gasteiger charge is 2.24. The number of nitrogens with one attached hydrogen (secondary N) is 1. The van der Waals surface area contributed by atoms with Gasteiger partial charge in [-0.1, -0.05) is 0 Å². The van der Waals surface area contributed by atoms with E-state index in [1.165, 1.54) is 0 Å². The predicted molar refractivity (Wildman–Crippen MR) is 72.1 cm³/mol. The van der Waals surface area contributed by atoms with Crippen LogP contribution in [0.25, 0.3) is 0 Å². The molecule has 1 saturated carbocycles. The summed E-state index contributed by atoms with van der Waals surface area (Å²) in [5.74, 6) is 0.241. The number of rotatable bonds is 4. The molecule has 0 bridgehead atoms. The molecular formula is C14H23N3O. The Kier molecular flexibility index (Phi) is 4.42. The van der Waals surface area contributed by atoms with E-state index in [0.717, 1.165) is 37.8 Å². The fourth-order valence-electron chi connectivity index (χ4n) is 2.63. The van der Waals surface area contributed by atoms with Crippen molar-refractivity contribution in [2.75, 3.05) is 7.05 Å². The third-order valence-electron chi connectivity index (χ3n) is 3.95. The summed E-state index contributed by atoms with van der Waals surface area (Å²) in [6.45, 7) is 0. The van der Waals surface area contributed by atoms with Gasteiger partial charge in [-0.2, -0.15) is 0 Å². The molecule has 0 aromatic carbocycles. The number of hydrogen-bond donors (Lipinski definition) is 2. The van der Waals surface area contributed by atoms with Crippen LogP contribution >= 0.6 is 0 Å². The van der Waals surface area contributed by atoms with E-state index in [9.17, 15) is 4.79 Å². The maximum absolute atomic E-state index is 12.1. The van der Waals surface area contributed by atoms with Crippen molar-refractivity contribution in [1.82, 2.24) is 9.88 Å². The molecule has 1 fully saturated rings. The van der Waals surface area contributed by atoms with Crippen molar-refractivity contribution in [2.45, 2.75) is 50.6 Å². The van der Waals surface area contributed by atoms with Gasteiger partial charge in [-0.05, 0) is 44.2 Å². The van der Waals surface area contributed by atoms with Crippen LogP contribution < -0.4 is 5.73 Å². The highest BCUT2D eigenvalue weighted by Crippen LogP contribution is 2.21. The fraction of sp³-hybridized carbons (Fsp3) is 0.643. The van der Waals surface area contributed by atoms with Crippen molar-refractivity contribution in [3.8, 4) is 0 Å². The lowest BCUT2D eigenvalue weighted by Crippen LogP contribution is -2.41. The van der Waals surface area contributed by atoms with E-state index in [-0.39, 0.29) is 5.91 Å². The SMILES string of the molecule is CN(C(=O)CCc1ccc[nH]1)C1CCC(N)CC1. The Bertz CT molecular complexity index is 366. The molecule has 1 amide bonds. The van der Waals surface area contributed by atoms with Crippen LogP contribution in [0.1, 0.15) is 37.8 Å². The molecule has 1 aromatic heterocycles. The van der Waals surface area contributed by atoms with Crippen LogP contribution in [0.2, 0.25) is 0 Å². The molecule has 100 valence electrons. The van der Waals surface area contributed by atoms with Crippen LogP contribution in [0.3, 0.4) is 0 Å². The van der Waals surface area contributed by atoms with Crippen molar-refractivity contribution in [3.63, 3.8) is 0 Å². The second kappa shape index (κ2) is 6.05. The molecule has 0 spiro atoms. The van der Waals surface area contributed by atoms with Crippen LogP contribution in [0.5, 0.6) is 0 Å². The first kappa shape index (κ1) is 13.1. The summed E-state index contributed by atoms with van der Waals surface area (Å²) in [5.41, 5.74) is 7.02. The Morgan fingerprint density at radius 1 is 1.44 bits per heavy atom. The third-order valence-corrected chi connectivity index (χ3v) is 3.95. The first-order chi connectivity index (χ1) is 8.66. The zero-order valence-corrected chi connectivity index (χ0v) is 11.1. The quantitative estimate of drug-likeness (QED) is 0.852. The Labute approximate surface area is 109 Å². The molecule has 0 aliphatic heterocycles. The normalized spacial score (nSPS) is 23.9. The van der Waals surface area contributed by atoms with Gasteiger partial charge in [0.1, 0.15) is 0 Å². The van der Waals surface area contributed by atoms with Gasteiger partial charge in [-0.15, -0.1) is 0 Å². The standard InChI is InChI=1S/C14H23N3O/c1-17(13-7-4-11(15)5-8-13)14(18)9-6-12-3-2-10-16-12/h2-3,10-11,13,16H,4-9,15H2,1H3.